The van der Waals surface area contributed by atoms with Crippen LogP contribution in [0.25, 0.3) is 0 Å². The van der Waals surface area contributed by atoms with E-state index in [0.717, 1.165) is 12.8 Å². The van der Waals surface area contributed by atoms with Crippen LogP contribution in [0.5, 0.6) is 0 Å². The van der Waals surface area contributed by atoms with Crippen molar-refractivity contribution in [1.29, 1.82) is 0 Å². The Hall–Kier alpha value is 0.124. The van der Waals surface area contributed by atoms with Crippen molar-refractivity contribution < 1.29 is 42.2 Å². The molecule has 0 N–H and O–H groups in total. The van der Waals surface area contributed by atoms with E-state index in [1.165, 1.54) is 11.1 Å². The van der Waals surface area contributed by atoms with Crippen molar-refractivity contribution in [3.05, 3.63) is 42.2 Å². The Labute approximate surface area is 129 Å². The van der Waals surface area contributed by atoms with Gasteiger partial charge in [-0.05, 0) is 0 Å². The summed E-state index contributed by atoms with van der Waals surface area (Å²) in [6, 6.07) is 0. The Balaban J connectivity index is 0.00000144. The van der Waals surface area contributed by atoms with Gasteiger partial charge in [0.15, 0.2) is 0 Å². The van der Waals surface area contributed by atoms with Crippen molar-refractivity contribution in [3.8, 4) is 0 Å². The average molecular weight is 319 g/mol. The van der Waals surface area contributed by atoms with Crippen LogP contribution >= 0.6 is 0 Å². The molecule has 0 saturated carbocycles. The second-order valence-electron chi connectivity index (χ2n) is 4.97. The van der Waals surface area contributed by atoms with E-state index in [2.05, 4.69) is 44.7 Å². The summed E-state index contributed by atoms with van der Waals surface area (Å²) >= 11 is -1.47. The molecule has 0 fully saturated rings. The average Bonchev–Trinajstić information content (AvgIpc) is 2.71. The normalized spacial score (nSPS) is 17.7. The summed E-state index contributed by atoms with van der Waals surface area (Å²) in [6.45, 7) is 9.08. The molecule has 0 nitrogen and oxygen atoms in total. The zero-order valence-electron chi connectivity index (χ0n) is 11.5. The van der Waals surface area contributed by atoms with Crippen LogP contribution in [0.1, 0.15) is 40.5 Å². The van der Waals surface area contributed by atoms with E-state index in [9.17, 15) is 0 Å². The Kier molecular flexibility index (Phi) is 7.10. The van der Waals surface area contributed by atoms with E-state index in [4.69, 9.17) is 0 Å². The number of hydrogen-bond acceptors (Lipinski definition) is 0. The van der Waals surface area contributed by atoms with Gasteiger partial charge in [0.05, 0.1) is 0 Å². The molecular formula is C15H20Cl2Ti. The Morgan fingerprint density at radius 2 is 1.17 bits per heavy atom. The molecule has 0 aliphatic heterocycles. The maximum atomic E-state index is 4.57. The third-order valence-corrected chi connectivity index (χ3v) is 8.12. The Morgan fingerprint density at radius 1 is 0.833 bits per heavy atom. The second kappa shape index (κ2) is 7.05. The Morgan fingerprint density at radius 3 is 1.39 bits per heavy atom. The van der Waals surface area contributed by atoms with E-state index in [1.807, 2.05) is 0 Å². The van der Waals surface area contributed by atoms with Crippen LogP contribution in [-0.2, 0) is 17.4 Å². The number of allylic oxidation sites excluding steroid dienone is 8. The molecule has 0 aromatic heterocycles. The van der Waals surface area contributed by atoms with Gasteiger partial charge < -0.3 is 24.8 Å². The maximum Gasteiger partial charge on any atom is -1.00 e. The molecule has 18 heavy (non-hydrogen) atoms. The molecule has 0 radical (unpaired) electrons. The molecule has 2 aliphatic carbocycles. The van der Waals surface area contributed by atoms with Gasteiger partial charge in [-0.3, -0.25) is 0 Å². The van der Waals surface area contributed by atoms with Crippen molar-refractivity contribution in [2.24, 2.45) is 0 Å². The van der Waals surface area contributed by atoms with Gasteiger partial charge in [-0.2, -0.15) is 0 Å². The molecule has 0 spiro atoms. The molecule has 0 bridgehead atoms. The SMILES string of the molecule is [CH2]=[Ti+2]([C]1=C(C)CC=C1C)[C]1=C(C)CC=C1C.[Cl-].[Cl-]. The molecule has 2 aliphatic rings. The van der Waals surface area contributed by atoms with Crippen LogP contribution in [0.2, 0.25) is 0 Å². The summed E-state index contributed by atoms with van der Waals surface area (Å²) in [5.74, 6) is 0. The molecule has 98 valence electrons. The van der Waals surface area contributed by atoms with E-state index in [-0.39, 0.29) is 24.8 Å². The quantitative estimate of drug-likeness (QED) is 0.532. The monoisotopic (exact) mass is 318 g/mol. The largest absolute Gasteiger partial charge is 1.00 e. The number of rotatable bonds is 2. The molecule has 0 heterocycles. The summed E-state index contributed by atoms with van der Waals surface area (Å²) < 4.78 is 3.29. The Bertz CT molecular complexity index is 447. The van der Waals surface area contributed by atoms with Crippen LogP contribution in [0, 0.1) is 0 Å². The summed E-state index contributed by atoms with van der Waals surface area (Å²) in [6.07, 6.45) is 7.05. The molecule has 0 saturated heterocycles. The van der Waals surface area contributed by atoms with Gasteiger partial charge in [0, 0.05) is 0 Å². The zero-order valence-corrected chi connectivity index (χ0v) is 14.6. The van der Waals surface area contributed by atoms with Crippen molar-refractivity contribution in [3.63, 3.8) is 0 Å². The predicted molar refractivity (Wildman–Crippen MR) is 69.3 cm³/mol. The van der Waals surface area contributed by atoms with Crippen LogP contribution in [-0.4, -0.2) is 4.82 Å². The van der Waals surface area contributed by atoms with Gasteiger partial charge in [-0.15, -0.1) is 0 Å². The van der Waals surface area contributed by atoms with E-state index in [0.29, 0.717) is 0 Å². The van der Waals surface area contributed by atoms with Crippen molar-refractivity contribution >= 4 is 4.82 Å². The standard InChI is InChI=1S/2C7H9.CH2.2ClH.Ti/c2*1-6-3-4-7(2)5-6;;;;/h2*3H,4H2,1-2H3;1H2;2*1H;/q;;;;;+2/p-2. The van der Waals surface area contributed by atoms with Gasteiger partial charge in [0.1, 0.15) is 0 Å². The topological polar surface area (TPSA) is 0 Å². The minimum absolute atomic E-state index is 0. The van der Waals surface area contributed by atoms with E-state index in [1.54, 1.807) is 18.9 Å². The number of hydrogen-bond donors (Lipinski definition) is 0. The molecule has 0 aromatic carbocycles. The van der Waals surface area contributed by atoms with Crippen LogP contribution < -0.4 is 24.8 Å². The first-order valence-corrected chi connectivity index (χ1v) is 8.62. The molecular weight excluding hydrogens is 299 g/mol. The van der Waals surface area contributed by atoms with Crippen molar-refractivity contribution in [1.82, 2.24) is 0 Å². The predicted octanol–water partition coefficient (Wildman–Crippen LogP) is -1.71. The van der Waals surface area contributed by atoms with Gasteiger partial charge in [-0.1, -0.05) is 0 Å². The first-order valence-electron chi connectivity index (χ1n) is 5.95. The fourth-order valence-corrected chi connectivity index (χ4v) is 6.93. The third kappa shape index (κ3) is 3.17. The molecule has 0 atom stereocenters. The third-order valence-electron chi connectivity index (χ3n) is 3.67. The smallest absolute Gasteiger partial charge is 1.00 e. The van der Waals surface area contributed by atoms with E-state index >= 15 is 0 Å². The van der Waals surface area contributed by atoms with Gasteiger partial charge >= 0.3 is 105 Å². The summed E-state index contributed by atoms with van der Waals surface area (Å²) in [5.41, 5.74) is 6.15. The molecule has 0 aromatic rings. The minimum atomic E-state index is -1.47. The maximum absolute atomic E-state index is 4.57. The van der Waals surface area contributed by atoms with Gasteiger partial charge in [-0.25, -0.2) is 0 Å². The van der Waals surface area contributed by atoms with Crippen LogP contribution in [0.3, 0.4) is 0 Å². The molecule has 0 unspecified atom stereocenters. The fourth-order valence-electron chi connectivity index (χ4n) is 2.81. The number of halogens is 2. The second-order valence-corrected chi connectivity index (χ2v) is 8.03. The summed E-state index contributed by atoms with van der Waals surface area (Å²) in [7, 11) is 0. The summed E-state index contributed by atoms with van der Waals surface area (Å²) in [4.78, 5) is 4.57. The van der Waals surface area contributed by atoms with Gasteiger partial charge in [0.2, 0.25) is 0 Å². The zero-order chi connectivity index (χ0) is 11.9. The van der Waals surface area contributed by atoms with Crippen molar-refractivity contribution in [2.45, 2.75) is 40.5 Å². The van der Waals surface area contributed by atoms with Crippen LogP contribution in [0.15, 0.2) is 42.2 Å². The fraction of sp³-hybridized carbons (Fsp3) is 0.400. The molecule has 0 amide bonds. The van der Waals surface area contributed by atoms with Crippen molar-refractivity contribution in [2.75, 3.05) is 0 Å². The van der Waals surface area contributed by atoms with Crippen LogP contribution in [0.4, 0.5) is 0 Å². The first kappa shape index (κ1) is 18.1. The summed E-state index contributed by atoms with van der Waals surface area (Å²) in [5, 5.41) is 0. The minimum Gasteiger partial charge on any atom is -1.00 e. The molecule has 2 rings (SSSR count). The van der Waals surface area contributed by atoms with E-state index < -0.39 is 17.4 Å². The first-order chi connectivity index (χ1) is 7.52. The molecule has 3 heteroatoms. The van der Waals surface area contributed by atoms with Gasteiger partial charge in [0.25, 0.3) is 0 Å².